The van der Waals surface area contributed by atoms with Gasteiger partial charge in [-0.25, -0.2) is 9.97 Å². The first-order valence-electron chi connectivity index (χ1n) is 10.8. The Morgan fingerprint density at radius 3 is 3.00 bits per heavy atom. The zero-order valence-electron chi connectivity index (χ0n) is 17.4. The zero-order chi connectivity index (χ0) is 21.7. The Hall–Kier alpha value is -3.01. The summed E-state index contributed by atoms with van der Waals surface area (Å²) in [4.78, 5) is 23.2. The third-order valence-corrected chi connectivity index (χ3v) is 7.80. The van der Waals surface area contributed by atoms with Crippen LogP contribution in [0, 0.1) is 5.41 Å². The first-order chi connectivity index (χ1) is 15.6. The van der Waals surface area contributed by atoms with Gasteiger partial charge < -0.3 is 19.4 Å². The fourth-order valence-electron chi connectivity index (χ4n) is 5.05. The second-order valence-corrected chi connectivity index (χ2v) is 9.84. The molecule has 1 aliphatic heterocycles. The van der Waals surface area contributed by atoms with E-state index in [4.69, 9.17) is 9.40 Å². The van der Waals surface area contributed by atoms with Crippen molar-refractivity contribution in [2.24, 2.45) is 5.41 Å². The zero-order valence-corrected chi connectivity index (χ0v) is 18.2. The monoisotopic (exact) mass is 449 g/mol. The summed E-state index contributed by atoms with van der Waals surface area (Å²) in [5, 5.41) is 16.1. The number of aliphatic hydroxyl groups is 1. The number of carbonyl (C=O) groups excluding carboxylic acids is 1. The van der Waals surface area contributed by atoms with Gasteiger partial charge in [0.15, 0.2) is 12.2 Å². The quantitative estimate of drug-likeness (QED) is 0.428. The van der Waals surface area contributed by atoms with Gasteiger partial charge in [-0.15, -0.1) is 11.3 Å². The lowest BCUT2D eigenvalue weighted by atomic mass is 9.65. The molecule has 1 amide bonds. The van der Waals surface area contributed by atoms with Gasteiger partial charge >= 0.3 is 0 Å². The van der Waals surface area contributed by atoms with E-state index in [0.29, 0.717) is 22.0 Å². The number of oxazole rings is 1. The van der Waals surface area contributed by atoms with Crippen molar-refractivity contribution < 1.29 is 14.3 Å². The summed E-state index contributed by atoms with van der Waals surface area (Å²) in [6.45, 7) is 2.10. The fraction of sp³-hybridized carbons (Fsp3) is 0.348. The number of amides is 1. The van der Waals surface area contributed by atoms with Crippen LogP contribution in [0.3, 0.4) is 0 Å². The molecule has 0 radical (unpaired) electrons. The molecule has 2 fully saturated rings. The summed E-state index contributed by atoms with van der Waals surface area (Å²) in [5.41, 5.74) is 2.96. The van der Waals surface area contributed by atoms with Gasteiger partial charge in [0.2, 0.25) is 5.95 Å². The molecule has 6 rings (SSSR count). The summed E-state index contributed by atoms with van der Waals surface area (Å²) < 4.78 is 7.49. The maximum Gasteiger partial charge on any atom is 0.268 e. The molecule has 1 saturated carbocycles. The first kappa shape index (κ1) is 19.7. The van der Waals surface area contributed by atoms with Crippen LogP contribution in [0.4, 0.5) is 5.95 Å². The van der Waals surface area contributed by atoms with Gasteiger partial charge in [-0.1, -0.05) is 6.07 Å². The summed E-state index contributed by atoms with van der Waals surface area (Å²) >= 11 is 1.36. The van der Waals surface area contributed by atoms with Crippen LogP contribution in [-0.4, -0.2) is 38.6 Å². The number of anilines is 1. The van der Waals surface area contributed by atoms with Crippen LogP contribution in [0.25, 0.3) is 21.7 Å². The normalized spacial score (nSPS) is 22.5. The van der Waals surface area contributed by atoms with Crippen LogP contribution in [0.5, 0.6) is 0 Å². The van der Waals surface area contributed by atoms with Crippen molar-refractivity contribution in [2.75, 3.05) is 18.4 Å². The summed E-state index contributed by atoms with van der Waals surface area (Å²) in [6.07, 6.45) is 6.33. The van der Waals surface area contributed by atoms with E-state index < -0.39 is 0 Å². The highest BCUT2D eigenvalue weighted by Gasteiger charge is 2.47. The molecule has 4 aromatic rings. The van der Waals surface area contributed by atoms with E-state index in [0.717, 1.165) is 47.4 Å². The van der Waals surface area contributed by atoms with Crippen molar-refractivity contribution in [3.63, 3.8) is 0 Å². The number of aromatic nitrogens is 3. The SMILES string of the molecule is O=C(Nc1nc2ccc(CO)cc2n1C1CC2(CCNC2)C1)c1ccc(-c2cnco2)s1. The minimum atomic E-state index is -0.198. The number of benzene rings is 1. The van der Waals surface area contributed by atoms with E-state index in [1.165, 1.54) is 24.2 Å². The van der Waals surface area contributed by atoms with Crippen molar-refractivity contribution in [1.82, 2.24) is 19.9 Å². The molecule has 0 bridgehead atoms. The number of rotatable bonds is 5. The number of fused-ring (bicyclic) bond motifs is 1. The highest BCUT2D eigenvalue weighted by atomic mass is 32.1. The van der Waals surface area contributed by atoms with Gasteiger partial charge in [0.25, 0.3) is 5.91 Å². The molecule has 0 unspecified atom stereocenters. The number of nitrogens with one attached hydrogen (secondary N) is 2. The number of hydrogen-bond acceptors (Lipinski definition) is 7. The maximum absolute atomic E-state index is 13.1. The Labute approximate surface area is 188 Å². The standard InChI is InChI=1S/C23H23N5O3S/c29-11-14-1-2-16-17(7-14)28(15-8-23(9-15)5-6-24-12-23)22(26-16)27-21(30)20-4-3-19(32-20)18-10-25-13-31-18/h1-4,7,10,13,15,24,29H,5-6,8-9,11-12H2,(H,26,27,30). The van der Waals surface area contributed by atoms with Crippen LogP contribution < -0.4 is 10.6 Å². The van der Waals surface area contributed by atoms with E-state index >= 15 is 0 Å². The van der Waals surface area contributed by atoms with Gasteiger partial charge in [-0.3, -0.25) is 10.1 Å². The molecular weight excluding hydrogens is 426 g/mol. The van der Waals surface area contributed by atoms with E-state index in [1.54, 1.807) is 12.3 Å². The van der Waals surface area contributed by atoms with Gasteiger partial charge in [-0.2, -0.15) is 0 Å². The largest absolute Gasteiger partial charge is 0.443 e. The van der Waals surface area contributed by atoms with Crippen molar-refractivity contribution in [3.05, 3.63) is 53.4 Å². The molecule has 1 spiro atoms. The van der Waals surface area contributed by atoms with Crippen molar-refractivity contribution in [3.8, 4) is 10.6 Å². The number of hydrogen-bond donors (Lipinski definition) is 3. The average Bonchev–Trinajstić information content (AvgIpc) is 3.57. The van der Waals surface area contributed by atoms with E-state index in [9.17, 15) is 9.90 Å². The van der Waals surface area contributed by atoms with Crippen molar-refractivity contribution in [1.29, 1.82) is 0 Å². The topological polar surface area (TPSA) is 105 Å². The predicted octanol–water partition coefficient (Wildman–Crippen LogP) is 3.81. The van der Waals surface area contributed by atoms with E-state index in [2.05, 4.69) is 20.2 Å². The van der Waals surface area contributed by atoms with Crippen LogP contribution >= 0.6 is 11.3 Å². The summed E-state index contributed by atoms with van der Waals surface area (Å²) in [6, 6.07) is 9.68. The molecule has 164 valence electrons. The molecular formula is C23H23N5O3S. The van der Waals surface area contributed by atoms with Crippen LogP contribution in [0.2, 0.25) is 0 Å². The molecule has 1 saturated heterocycles. The lowest BCUT2D eigenvalue weighted by Crippen LogP contribution is -2.40. The molecule has 1 aromatic carbocycles. The lowest BCUT2D eigenvalue weighted by molar-refractivity contribution is 0.0873. The first-order valence-corrected chi connectivity index (χ1v) is 11.6. The molecule has 1 aliphatic carbocycles. The molecule has 9 heteroatoms. The highest BCUT2D eigenvalue weighted by Crippen LogP contribution is 2.53. The van der Waals surface area contributed by atoms with Gasteiger partial charge in [0, 0.05) is 12.6 Å². The molecule has 32 heavy (non-hydrogen) atoms. The van der Waals surface area contributed by atoms with E-state index in [1.807, 2.05) is 24.3 Å². The maximum atomic E-state index is 13.1. The second-order valence-electron chi connectivity index (χ2n) is 8.76. The smallest absolute Gasteiger partial charge is 0.268 e. The Morgan fingerprint density at radius 1 is 1.34 bits per heavy atom. The number of thiophene rings is 1. The summed E-state index contributed by atoms with van der Waals surface area (Å²) in [7, 11) is 0. The Kier molecular flexibility index (Phi) is 4.63. The molecule has 3 aromatic heterocycles. The van der Waals surface area contributed by atoms with Crippen LogP contribution in [0.15, 0.2) is 47.3 Å². The number of aliphatic hydroxyl groups excluding tert-OH is 1. The Balaban J connectivity index is 1.32. The van der Waals surface area contributed by atoms with Crippen LogP contribution in [-0.2, 0) is 6.61 Å². The molecule has 0 atom stereocenters. The number of nitrogens with zero attached hydrogens (tertiary/aromatic N) is 3. The average molecular weight is 450 g/mol. The Morgan fingerprint density at radius 2 is 2.25 bits per heavy atom. The predicted molar refractivity (Wildman–Crippen MR) is 122 cm³/mol. The van der Waals surface area contributed by atoms with Gasteiger partial charge in [0.05, 0.1) is 33.6 Å². The van der Waals surface area contributed by atoms with Crippen LogP contribution in [0.1, 0.15) is 40.5 Å². The fourth-order valence-corrected chi connectivity index (χ4v) is 5.91. The number of carbonyl (C=O) groups is 1. The minimum absolute atomic E-state index is 0.0268. The second kappa shape index (κ2) is 7.54. The van der Waals surface area contributed by atoms with Gasteiger partial charge in [-0.05, 0) is 61.1 Å². The minimum Gasteiger partial charge on any atom is -0.443 e. The highest BCUT2D eigenvalue weighted by molar-refractivity contribution is 7.17. The molecule has 8 nitrogen and oxygen atoms in total. The molecule has 2 aliphatic rings. The summed E-state index contributed by atoms with van der Waals surface area (Å²) in [5.74, 6) is 1.000. The Bertz CT molecular complexity index is 1280. The van der Waals surface area contributed by atoms with E-state index in [-0.39, 0.29) is 18.6 Å². The lowest BCUT2D eigenvalue weighted by Gasteiger charge is -2.46. The van der Waals surface area contributed by atoms with Gasteiger partial charge in [0.1, 0.15) is 0 Å². The number of imidazole rings is 1. The molecule has 3 N–H and O–H groups in total. The molecule has 4 heterocycles. The third kappa shape index (κ3) is 3.24. The van der Waals surface area contributed by atoms with Crippen molar-refractivity contribution >= 4 is 34.2 Å². The van der Waals surface area contributed by atoms with Crippen molar-refractivity contribution in [2.45, 2.75) is 31.9 Å². The third-order valence-electron chi connectivity index (χ3n) is 6.70.